The molecular formula is C13H17N3O2. The van der Waals surface area contributed by atoms with Gasteiger partial charge in [-0.05, 0) is 25.5 Å². The standard InChI is InChI=1S/C13H17N3O2/c1-7-6-8(2-4-15-7)13(17)16-11-10(14)9-3-5-18-12(9)11/h2,4,6,9-12H,3,5,14H2,1H3,(H,16,17). The van der Waals surface area contributed by atoms with Crippen LogP contribution in [-0.2, 0) is 4.74 Å². The largest absolute Gasteiger partial charge is 0.376 e. The monoisotopic (exact) mass is 247 g/mol. The van der Waals surface area contributed by atoms with Gasteiger partial charge in [0.1, 0.15) is 0 Å². The molecule has 18 heavy (non-hydrogen) atoms. The van der Waals surface area contributed by atoms with E-state index in [4.69, 9.17) is 10.5 Å². The van der Waals surface area contributed by atoms with Gasteiger partial charge < -0.3 is 15.8 Å². The number of carbonyl (C=O) groups is 1. The minimum Gasteiger partial charge on any atom is -0.376 e. The molecule has 0 bridgehead atoms. The van der Waals surface area contributed by atoms with Crippen molar-refractivity contribution in [3.63, 3.8) is 0 Å². The summed E-state index contributed by atoms with van der Waals surface area (Å²) < 4.78 is 5.59. The van der Waals surface area contributed by atoms with Gasteiger partial charge in [-0.2, -0.15) is 0 Å². The minimum atomic E-state index is -0.102. The predicted octanol–water partition coefficient (Wildman–Crippen LogP) is 0.234. The molecular weight excluding hydrogens is 230 g/mol. The Bertz CT molecular complexity index is 477. The zero-order valence-corrected chi connectivity index (χ0v) is 10.3. The third-order valence-corrected chi connectivity index (χ3v) is 3.90. The van der Waals surface area contributed by atoms with Crippen molar-refractivity contribution >= 4 is 5.91 Å². The van der Waals surface area contributed by atoms with Gasteiger partial charge in [-0.15, -0.1) is 0 Å². The molecule has 2 fully saturated rings. The van der Waals surface area contributed by atoms with Crippen molar-refractivity contribution in [2.24, 2.45) is 11.7 Å². The van der Waals surface area contributed by atoms with E-state index in [2.05, 4.69) is 10.3 Å². The molecule has 1 saturated heterocycles. The van der Waals surface area contributed by atoms with Crippen LogP contribution < -0.4 is 11.1 Å². The first kappa shape index (κ1) is 11.6. The highest BCUT2D eigenvalue weighted by atomic mass is 16.5. The molecule has 1 aromatic heterocycles. The molecule has 2 heterocycles. The zero-order chi connectivity index (χ0) is 12.7. The normalized spacial score (nSPS) is 33.7. The maximum Gasteiger partial charge on any atom is 0.251 e. The maximum absolute atomic E-state index is 12.1. The van der Waals surface area contributed by atoms with E-state index in [1.165, 1.54) is 0 Å². The molecule has 0 spiro atoms. The second-order valence-corrected chi connectivity index (χ2v) is 5.05. The van der Waals surface area contributed by atoms with Gasteiger partial charge in [0.25, 0.3) is 5.91 Å². The quantitative estimate of drug-likeness (QED) is 0.784. The van der Waals surface area contributed by atoms with Crippen LogP contribution in [0.25, 0.3) is 0 Å². The van der Waals surface area contributed by atoms with Crippen molar-refractivity contribution in [1.29, 1.82) is 0 Å². The SMILES string of the molecule is Cc1cc(C(=O)NC2C(N)C3CCOC32)ccn1. The number of amides is 1. The molecule has 1 aromatic rings. The molecule has 2 aliphatic rings. The van der Waals surface area contributed by atoms with Gasteiger partial charge in [0.15, 0.2) is 0 Å². The van der Waals surface area contributed by atoms with Gasteiger partial charge in [-0.1, -0.05) is 0 Å². The van der Waals surface area contributed by atoms with E-state index in [0.29, 0.717) is 11.5 Å². The second-order valence-electron chi connectivity index (χ2n) is 5.05. The van der Waals surface area contributed by atoms with Crippen LogP contribution in [0.2, 0.25) is 0 Å². The summed E-state index contributed by atoms with van der Waals surface area (Å²) in [5, 5.41) is 2.96. The summed E-state index contributed by atoms with van der Waals surface area (Å²) in [5.74, 6) is 0.310. The first-order chi connectivity index (χ1) is 8.66. The molecule has 1 amide bonds. The predicted molar refractivity (Wildman–Crippen MR) is 66.1 cm³/mol. The molecule has 4 atom stereocenters. The second kappa shape index (κ2) is 4.33. The van der Waals surface area contributed by atoms with E-state index in [1.807, 2.05) is 6.92 Å². The zero-order valence-electron chi connectivity index (χ0n) is 10.3. The number of fused-ring (bicyclic) bond motifs is 1. The van der Waals surface area contributed by atoms with Gasteiger partial charge in [0, 0.05) is 36.0 Å². The Kier molecular flexibility index (Phi) is 2.80. The van der Waals surface area contributed by atoms with E-state index < -0.39 is 0 Å². The molecule has 3 rings (SSSR count). The van der Waals surface area contributed by atoms with Gasteiger partial charge >= 0.3 is 0 Å². The molecule has 1 saturated carbocycles. The smallest absolute Gasteiger partial charge is 0.251 e. The summed E-state index contributed by atoms with van der Waals surface area (Å²) >= 11 is 0. The van der Waals surface area contributed by atoms with Crippen molar-refractivity contribution < 1.29 is 9.53 Å². The lowest BCUT2D eigenvalue weighted by atomic mass is 9.72. The number of carbonyl (C=O) groups excluding carboxylic acids is 1. The average molecular weight is 247 g/mol. The number of nitrogens with one attached hydrogen (secondary N) is 1. The van der Waals surface area contributed by atoms with Crippen LogP contribution in [0.1, 0.15) is 22.5 Å². The van der Waals surface area contributed by atoms with Crippen molar-refractivity contribution in [2.45, 2.75) is 31.5 Å². The fourth-order valence-electron chi connectivity index (χ4n) is 2.85. The maximum atomic E-state index is 12.1. The molecule has 0 aromatic carbocycles. The van der Waals surface area contributed by atoms with E-state index in [-0.39, 0.29) is 24.1 Å². The Hall–Kier alpha value is -1.46. The number of hydrogen-bond acceptors (Lipinski definition) is 4. The van der Waals surface area contributed by atoms with Crippen LogP contribution in [0.5, 0.6) is 0 Å². The molecule has 96 valence electrons. The summed E-state index contributed by atoms with van der Waals surface area (Å²) in [6.07, 6.45) is 2.75. The molecule has 3 N–H and O–H groups in total. The first-order valence-corrected chi connectivity index (χ1v) is 6.27. The number of rotatable bonds is 2. The average Bonchev–Trinajstić information content (AvgIpc) is 2.80. The Morgan fingerprint density at radius 2 is 2.44 bits per heavy atom. The Morgan fingerprint density at radius 3 is 3.22 bits per heavy atom. The topological polar surface area (TPSA) is 77.2 Å². The molecule has 5 heteroatoms. The van der Waals surface area contributed by atoms with Crippen molar-refractivity contribution in [3.05, 3.63) is 29.6 Å². The van der Waals surface area contributed by atoms with E-state index in [0.717, 1.165) is 18.7 Å². The lowest BCUT2D eigenvalue weighted by molar-refractivity contribution is -0.0161. The lowest BCUT2D eigenvalue weighted by Crippen LogP contribution is -2.68. The third kappa shape index (κ3) is 1.79. The van der Waals surface area contributed by atoms with E-state index in [1.54, 1.807) is 18.3 Å². The van der Waals surface area contributed by atoms with Crippen LogP contribution in [-0.4, -0.2) is 35.7 Å². The summed E-state index contributed by atoms with van der Waals surface area (Å²) in [6, 6.07) is 3.44. The molecule has 1 aliphatic carbocycles. The Morgan fingerprint density at radius 1 is 1.61 bits per heavy atom. The first-order valence-electron chi connectivity index (χ1n) is 6.27. The van der Waals surface area contributed by atoms with Crippen LogP contribution in [0.4, 0.5) is 0 Å². The Labute approximate surface area is 106 Å². The fraction of sp³-hybridized carbons (Fsp3) is 0.538. The van der Waals surface area contributed by atoms with Crippen molar-refractivity contribution in [1.82, 2.24) is 10.3 Å². The summed E-state index contributed by atoms with van der Waals surface area (Å²) in [7, 11) is 0. The van der Waals surface area contributed by atoms with Gasteiger partial charge in [0.2, 0.25) is 0 Å². The lowest BCUT2D eigenvalue weighted by Gasteiger charge is -2.45. The molecule has 0 radical (unpaired) electrons. The highest BCUT2D eigenvalue weighted by Crippen LogP contribution is 2.37. The third-order valence-electron chi connectivity index (χ3n) is 3.90. The number of ether oxygens (including phenoxy) is 1. The summed E-state index contributed by atoms with van der Waals surface area (Å²) in [5.41, 5.74) is 7.51. The van der Waals surface area contributed by atoms with Crippen LogP contribution >= 0.6 is 0 Å². The van der Waals surface area contributed by atoms with Gasteiger partial charge in [-0.3, -0.25) is 9.78 Å². The number of pyridine rings is 1. The Balaban J connectivity index is 1.68. The highest BCUT2D eigenvalue weighted by Gasteiger charge is 2.52. The number of nitrogens with zero attached hydrogens (tertiary/aromatic N) is 1. The van der Waals surface area contributed by atoms with E-state index >= 15 is 0 Å². The number of hydrogen-bond donors (Lipinski definition) is 2. The van der Waals surface area contributed by atoms with Gasteiger partial charge in [0.05, 0.1) is 12.1 Å². The highest BCUT2D eigenvalue weighted by molar-refractivity contribution is 5.94. The van der Waals surface area contributed by atoms with Gasteiger partial charge in [-0.25, -0.2) is 0 Å². The van der Waals surface area contributed by atoms with Crippen molar-refractivity contribution in [3.8, 4) is 0 Å². The number of nitrogens with two attached hydrogens (primary N) is 1. The number of aromatic nitrogens is 1. The van der Waals surface area contributed by atoms with Crippen molar-refractivity contribution in [2.75, 3.05) is 6.61 Å². The molecule has 5 nitrogen and oxygen atoms in total. The molecule has 1 aliphatic heterocycles. The fourth-order valence-corrected chi connectivity index (χ4v) is 2.85. The summed E-state index contributed by atoms with van der Waals surface area (Å²) in [4.78, 5) is 16.2. The minimum absolute atomic E-state index is 0.0179. The van der Waals surface area contributed by atoms with Crippen LogP contribution in [0.3, 0.4) is 0 Å². The van der Waals surface area contributed by atoms with Crippen LogP contribution in [0.15, 0.2) is 18.3 Å². The number of aryl methyl sites for hydroxylation is 1. The van der Waals surface area contributed by atoms with Crippen LogP contribution in [0, 0.1) is 12.8 Å². The molecule has 4 unspecified atom stereocenters. The van der Waals surface area contributed by atoms with E-state index in [9.17, 15) is 4.79 Å². The summed E-state index contributed by atoms with van der Waals surface area (Å²) in [6.45, 7) is 2.62.